The quantitative estimate of drug-likeness (QED) is 0.821. The van der Waals surface area contributed by atoms with Crippen molar-refractivity contribution < 1.29 is 27.2 Å². The molecule has 0 fully saturated rings. The fourth-order valence-corrected chi connectivity index (χ4v) is 2.20. The van der Waals surface area contributed by atoms with Gasteiger partial charge in [0.05, 0.1) is 23.2 Å². The van der Waals surface area contributed by atoms with E-state index >= 15 is 0 Å². The fraction of sp³-hybridized carbons (Fsp3) is 0.294. The van der Waals surface area contributed by atoms with Gasteiger partial charge in [-0.15, -0.1) is 0 Å². The molecule has 0 aliphatic rings. The molecule has 26 heavy (non-hydrogen) atoms. The predicted octanol–water partition coefficient (Wildman–Crippen LogP) is 3.12. The summed E-state index contributed by atoms with van der Waals surface area (Å²) in [6.07, 6.45) is -3.27. The highest BCUT2D eigenvalue weighted by Crippen LogP contribution is 2.34. The maximum absolute atomic E-state index is 12.9. The van der Waals surface area contributed by atoms with E-state index in [1.807, 2.05) is 0 Å². The molecule has 1 aromatic heterocycles. The zero-order valence-electron chi connectivity index (χ0n) is 14.2. The molecule has 1 heterocycles. The fourth-order valence-electron chi connectivity index (χ4n) is 2.20. The molecule has 0 spiro atoms. The van der Waals surface area contributed by atoms with Gasteiger partial charge in [0.25, 0.3) is 5.91 Å². The second-order valence-electron chi connectivity index (χ2n) is 5.66. The molecular formula is C17H18F3N3O3. The van der Waals surface area contributed by atoms with Crippen molar-refractivity contribution in [2.45, 2.75) is 12.6 Å². The lowest BCUT2D eigenvalue weighted by atomic mass is 10.1. The molecule has 0 unspecified atom stereocenters. The Morgan fingerprint density at radius 3 is 2.50 bits per heavy atom. The van der Waals surface area contributed by atoms with Gasteiger partial charge < -0.3 is 20.0 Å². The van der Waals surface area contributed by atoms with Gasteiger partial charge in [-0.05, 0) is 30.3 Å². The number of hydrogen-bond donors (Lipinski definition) is 2. The highest BCUT2D eigenvalue weighted by Gasteiger charge is 2.31. The number of benzene rings is 1. The average Bonchev–Trinajstić information content (AvgIpc) is 3.08. The van der Waals surface area contributed by atoms with Crippen molar-refractivity contribution in [1.82, 2.24) is 5.32 Å². The van der Waals surface area contributed by atoms with Gasteiger partial charge in [-0.25, -0.2) is 0 Å². The molecule has 0 bridgehead atoms. The van der Waals surface area contributed by atoms with Crippen molar-refractivity contribution in [2.75, 3.05) is 30.9 Å². The molecule has 2 rings (SSSR count). The Morgan fingerprint density at radius 2 is 1.92 bits per heavy atom. The van der Waals surface area contributed by atoms with Gasteiger partial charge in [-0.3, -0.25) is 9.59 Å². The van der Waals surface area contributed by atoms with Gasteiger partial charge in [-0.2, -0.15) is 13.2 Å². The first kappa shape index (κ1) is 19.4. The molecule has 140 valence electrons. The Hall–Kier alpha value is -2.97. The van der Waals surface area contributed by atoms with E-state index in [4.69, 9.17) is 4.42 Å². The Kier molecular flexibility index (Phi) is 5.91. The Morgan fingerprint density at radius 1 is 1.19 bits per heavy atom. The van der Waals surface area contributed by atoms with Gasteiger partial charge in [-0.1, -0.05) is 0 Å². The van der Waals surface area contributed by atoms with Crippen molar-refractivity contribution in [3.05, 3.63) is 47.9 Å². The normalized spacial score (nSPS) is 11.1. The van der Waals surface area contributed by atoms with Crippen molar-refractivity contribution in [3.63, 3.8) is 0 Å². The van der Waals surface area contributed by atoms with E-state index < -0.39 is 23.6 Å². The lowest BCUT2D eigenvalue weighted by Crippen LogP contribution is -2.27. The van der Waals surface area contributed by atoms with Crippen LogP contribution in [0, 0.1) is 0 Å². The van der Waals surface area contributed by atoms with E-state index in [-0.39, 0.29) is 24.4 Å². The summed E-state index contributed by atoms with van der Waals surface area (Å²) in [6.45, 7) is 0.0155. The van der Waals surface area contributed by atoms with Crippen LogP contribution in [0.3, 0.4) is 0 Å². The lowest BCUT2D eigenvalue weighted by Gasteiger charge is -2.19. The summed E-state index contributed by atoms with van der Waals surface area (Å²) in [4.78, 5) is 25.3. The first-order valence-corrected chi connectivity index (χ1v) is 7.68. The van der Waals surface area contributed by atoms with Crippen LogP contribution in [-0.2, 0) is 11.0 Å². The van der Waals surface area contributed by atoms with Crippen molar-refractivity contribution >= 4 is 23.2 Å². The third-order valence-corrected chi connectivity index (χ3v) is 3.46. The van der Waals surface area contributed by atoms with Gasteiger partial charge in [0.15, 0.2) is 5.76 Å². The largest absolute Gasteiger partial charge is 0.459 e. The third kappa shape index (κ3) is 5.01. The summed E-state index contributed by atoms with van der Waals surface area (Å²) in [7, 11) is 3.31. The molecule has 2 amide bonds. The second kappa shape index (κ2) is 7.94. The van der Waals surface area contributed by atoms with E-state index in [2.05, 4.69) is 10.6 Å². The van der Waals surface area contributed by atoms with E-state index in [1.54, 1.807) is 25.1 Å². The first-order chi connectivity index (χ1) is 12.2. The van der Waals surface area contributed by atoms with E-state index in [1.165, 1.54) is 18.4 Å². The summed E-state index contributed by atoms with van der Waals surface area (Å²) in [5.74, 6) is -0.888. The Labute approximate surface area is 148 Å². The molecule has 0 atom stereocenters. The second-order valence-corrected chi connectivity index (χ2v) is 5.66. The van der Waals surface area contributed by atoms with E-state index in [9.17, 15) is 22.8 Å². The number of furan rings is 1. The smallest absolute Gasteiger partial charge is 0.416 e. The van der Waals surface area contributed by atoms with Crippen LogP contribution in [0.4, 0.5) is 24.5 Å². The minimum Gasteiger partial charge on any atom is -0.459 e. The highest BCUT2D eigenvalue weighted by atomic mass is 19.4. The number of nitrogens with one attached hydrogen (secondary N) is 2. The van der Waals surface area contributed by atoms with Crippen LogP contribution in [-0.4, -0.2) is 32.5 Å². The number of rotatable bonds is 6. The summed E-state index contributed by atoms with van der Waals surface area (Å²) in [6, 6.07) is 6.15. The maximum atomic E-state index is 12.9. The average molecular weight is 369 g/mol. The van der Waals surface area contributed by atoms with Gasteiger partial charge in [0.1, 0.15) is 0 Å². The van der Waals surface area contributed by atoms with E-state index in [0.29, 0.717) is 5.69 Å². The molecule has 2 aromatic rings. The number of hydrogen-bond acceptors (Lipinski definition) is 4. The van der Waals surface area contributed by atoms with Crippen molar-refractivity contribution in [1.29, 1.82) is 0 Å². The summed E-state index contributed by atoms with van der Waals surface area (Å²) < 4.78 is 43.6. The molecule has 9 heteroatoms. The van der Waals surface area contributed by atoms with Crippen LogP contribution in [0.5, 0.6) is 0 Å². The number of carbonyl (C=O) groups excluding carboxylic acids is 2. The molecule has 0 radical (unpaired) electrons. The molecule has 1 aromatic carbocycles. The number of anilines is 2. The minimum atomic E-state index is -4.51. The molecular weight excluding hydrogens is 351 g/mol. The summed E-state index contributed by atoms with van der Waals surface area (Å²) in [5.41, 5.74) is -0.373. The Bertz CT molecular complexity index is 771. The van der Waals surface area contributed by atoms with Gasteiger partial charge >= 0.3 is 6.18 Å². The standard InChI is InChI=1S/C17H18F3N3O3/c1-23(2)13-6-5-11(17(18,19)20)10-12(13)22-15(24)7-8-21-16(25)14-4-3-9-26-14/h3-6,9-10H,7-8H2,1-2H3,(H,21,25)(H,22,24). The summed E-state index contributed by atoms with van der Waals surface area (Å²) >= 11 is 0. The molecule has 0 aliphatic heterocycles. The number of carbonyl (C=O) groups is 2. The Balaban J connectivity index is 1.99. The molecule has 6 nitrogen and oxygen atoms in total. The van der Waals surface area contributed by atoms with E-state index in [0.717, 1.165) is 12.1 Å². The van der Waals surface area contributed by atoms with Gasteiger partial charge in [0.2, 0.25) is 5.91 Å². The molecule has 0 saturated carbocycles. The molecule has 2 N–H and O–H groups in total. The number of amides is 2. The minimum absolute atomic E-state index is 0.0155. The van der Waals surface area contributed by atoms with Gasteiger partial charge in [0, 0.05) is 27.1 Å². The topological polar surface area (TPSA) is 74.6 Å². The summed E-state index contributed by atoms with van der Waals surface area (Å²) in [5, 5.41) is 4.95. The predicted molar refractivity (Wildman–Crippen MR) is 90.1 cm³/mol. The van der Waals surface area contributed by atoms with Crippen LogP contribution in [0.1, 0.15) is 22.5 Å². The monoisotopic (exact) mass is 369 g/mol. The van der Waals surface area contributed by atoms with Crippen LogP contribution >= 0.6 is 0 Å². The van der Waals surface area contributed by atoms with Crippen LogP contribution in [0.25, 0.3) is 0 Å². The van der Waals surface area contributed by atoms with Crippen molar-refractivity contribution in [2.24, 2.45) is 0 Å². The highest BCUT2D eigenvalue weighted by molar-refractivity contribution is 5.95. The number of nitrogens with zero attached hydrogens (tertiary/aromatic N) is 1. The SMILES string of the molecule is CN(C)c1ccc(C(F)(F)F)cc1NC(=O)CCNC(=O)c1ccco1. The zero-order valence-corrected chi connectivity index (χ0v) is 14.2. The van der Waals surface area contributed by atoms with Crippen LogP contribution in [0.15, 0.2) is 41.0 Å². The maximum Gasteiger partial charge on any atom is 0.416 e. The van der Waals surface area contributed by atoms with Crippen LogP contribution < -0.4 is 15.5 Å². The molecule has 0 saturated heterocycles. The van der Waals surface area contributed by atoms with Crippen molar-refractivity contribution in [3.8, 4) is 0 Å². The number of alkyl halides is 3. The number of halogens is 3. The lowest BCUT2D eigenvalue weighted by molar-refractivity contribution is -0.137. The molecule has 0 aliphatic carbocycles. The van der Waals surface area contributed by atoms with Crippen LogP contribution in [0.2, 0.25) is 0 Å². The third-order valence-electron chi connectivity index (χ3n) is 3.46. The zero-order chi connectivity index (χ0) is 19.3. The first-order valence-electron chi connectivity index (χ1n) is 7.68.